The number of hydrogen-bond donors (Lipinski definition) is 1. The van der Waals surface area contributed by atoms with Gasteiger partial charge in [-0.1, -0.05) is 12.8 Å². The number of hydrogen-bond acceptors (Lipinski definition) is 3. The van der Waals surface area contributed by atoms with Gasteiger partial charge in [0, 0.05) is 18.3 Å². The van der Waals surface area contributed by atoms with Gasteiger partial charge in [-0.2, -0.15) is 13.2 Å². The van der Waals surface area contributed by atoms with Crippen molar-refractivity contribution in [3.05, 3.63) is 0 Å². The summed E-state index contributed by atoms with van der Waals surface area (Å²) in [5.41, 5.74) is 0. The van der Waals surface area contributed by atoms with Crippen LogP contribution in [0.5, 0.6) is 0 Å². The zero-order chi connectivity index (χ0) is 15.0. The second kappa shape index (κ2) is 5.83. The molecule has 4 atom stereocenters. The molecule has 118 valence electrons. The lowest BCUT2D eigenvalue weighted by atomic mass is 9.85. The SMILES string of the molecule is CS(=O)(=O)[C@@H]1CCC[C@@H]1N[C@@H]1CCC[C@H](C(F)(F)F)C1. The fourth-order valence-electron chi connectivity index (χ4n) is 3.57. The summed E-state index contributed by atoms with van der Waals surface area (Å²) in [5, 5.41) is 2.76. The van der Waals surface area contributed by atoms with Crippen molar-refractivity contribution in [2.45, 2.75) is 68.5 Å². The van der Waals surface area contributed by atoms with E-state index in [0.717, 1.165) is 12.8 Å². The highest BCUT2D eigenvalue weighted by Crippen LogP contribution is 2.38. The van der Waals surface area contributed by atoms with E-state index in [4.69, 9.17) is 0 Å². The molecule has 2 aliphatic carbocycles. The van der Waals surface area contributed by atoms with Crippen LogP contribution in [-0.2, 0) is 9.84 Å². The summed E-state index contributed by atoms with van der Waals surface area (Å²) in [7, 11) is -3.13. The topological polar surface area (TPSA) is 46.2 Å². The zero-order valence-corrected chi connectivity index (χ0v) is 12.4. The van der Waals surface area contributed by atoms with Crippen LogP contribution in [0.1, 0.15) is 44.9 Å². The van der Waals surface area contributed by atoms with Crippen LogP contribution in [-0.4, -0.2) is 38.2 Å². The van der Waals surface area contributed by atoms with Gasteiger partial charge in [0.15, 0.2) is 9.84 Å². The quantitative estimate of drug-likeness (QED) is 0.871. The van der Waals surface area contributed by atoms with E-state index in [0.29, 0.717) is 19.3 Å². The number of sulfone groups is 1. The van der Waals surface area contributed by atoms with Crippen molar-refractivity contribution in [3.8, 4) is 0 Å². The van der Waals surface area contributed by atoms with Gasteiger partial charge >= 0.3 is 6.18 Å². The lowest BCUT2D eigenvalue weighted by Gasteiger charge is -2.34. The monoisotopic (exact) mass is 313 g/mol. The minimum Gasteiger partial charge on any atom is -0.310 e. The van der Waals surface area contributed by atoms with Crippen molar-refractivity contribution in [2.75, 3.05) is 6.26 Å². The maximum atomic E-state index is 12.8. The summed E-state index contributed by atoms with van der Waals surface area (Å²) in [6, 6.07) is -0.385. The minimum absolute atomic E-state index is 0.0798. The van der Waals surface area contributed by atoms with E-state index < -0.39 is 27.2 Å². The molecule has 2 fully saturated rings. The third-order valence-corrected chi connectivity index (χ3v) is 6.25. The molecule has 0 aromatic carbocycles. The van der Waals surface area contributed by atoms with Crippen LogP contribution in [0.15, 0.2) is 0 Å². The largest absolute Gasteiger partial charge is 0.391 e. The van der Waals surface area contributed by atoms with Gasteiger partial charge in [0.05, 0.1) is 11.2 Å². The van der Waals surface area contributed by atoms with Gasteiger partial charge in [-0.05, 0) is 32.1 Å². The first kappa shape index (κ1) is 16.1. The Morgan fingerprint density at radius 2 is 1.70 bits per heavy atom. The molecule has 7 heteroatoms. The predicted molar refractivity (Wildman–Crippen MR) is 71.2 cm³/mol. The first-order valence-corrected chi connectivity index (χ1v) is 9.15. The van der Waals surface area contributed by atoms with Gasteiger partial charge in [-0.3, -0.25) is 0 Å². The summed E-state index contributed by atoms with van der Waals surface area (Å²) in [4.78, 5) is 0. The van der Waals surface area contributed by atoms with E-state index in [1.165, 1.54) is 6.26 Å². The highest BCUT2D eigenvalue weighted by atomic mass is 32.2. The molecule has 1 N–H and O–H groups in total. The molecule has 0 aromatic rings. The van der Waals surface area contributed by atoms with Crippen LogP contribution in [0.2, 0.25) is 0 Å². The van der Waals surface area contributed by atoms with Gasteiger partial charge in [0.1, 0.15) is 0 Å². The molecular formula is C13H22F3NO2S. The maximum absolute atomic E-state index is 12.8. The van der Waals surface area contributed by atoms with Gasteiger partial charge < -0.3 is 5.32 Å². The third kappa shape index (κ3) is 3.87. The molecular weight excluding hydrogens is 291 g/mol. The second-order valence-corrected chi connectivity index (χ2v) is 8.44. The molecule has 2 saturated carbocycles. The average Bonchev–Trinajstić information content (AvgIpc) is 2.76. The molecule has 0 radical (unpaired) electrons. The lowest BCUT2D eigenvalue weighted by molar-refractivity contribution is -0.183. The highest BCUT2D eigenvalue weighted by molar-refractivity contribution is 7.91. The Kier molecular flexibility index (Phi) is 4.69. The minimum atomic E-state index is -4.13. The van der Waals surface area contributed by atoms with Crippen LogP contribution >= 0.6 is 0 Å². The Labute approximate surface area is 118 Å². The normalized spacial score (nSPS) is 36.2. The molecule has 0 unspecified atom stereocenters. The molecule has 0 saturated heterocycles. The fraction of sp³-hybridized carbons (Fsp3) is 1.00. The Morgan fingerprint density at radius 3 is 2.30 bits per heavy atom. The second-order valence-electron chi connectivity index (χ2n) is 6.17. The molecule has 0 aliphatic heterocycles. The van der Waals surface area contributed by atoms with Gasteiger partial charge in [-0.25, -0.2) is 8.42 Å². The molecule has 0 amide bonds. The third-order valence-electron chi connectivity index (χ3n) is 4.59. The number of alkyl halides is 3. The molecule has 2 rings (SSSR count). The van der Waals surface area contributed by atoms with E-state index in [1.807, 2.05) is 0 Å². The molecule has 0 bridgehead atoms. The van der Waals surface area contributed by atoms with Gasteiger partial charge in [0.2, 0.25) is 0 Å². The first-order chi connectivity index (χ1) is 9.18. The smallest absolute Gasteiger partial charge is 0.310 e. The summed E-state index contributed by atoms with van der Waals surface area (Å²) in [6.07, 6.45) is 0.807. The Balaban J connectivity index is 1.96. The van der Waals surface area contributed by atoms with E-state index in [9.17, 15) is 21.6 Å². The molecule has 0 aromatic heterocycles. The summed E-state index contributed by atoms with van der Waals surface area (Å²) in [6.45, 7) is 0. The van der Waals surface area contributed by atoms with Crippen LogP contribution < -0.4 is 5.32 Å². The summed E-state index contributed by atoms with van der Waals surface area (Å²) >= 11 is 0. The van der Waals surface area contributed by atoms with Crippen molar-refractivity contribution in [1.82, 2.24) is 5.32 Å². The number of halogens is 3. The number of nitrogens with one attached hydrogen (secondary N) is 1. The zero-order valence-electron chi connectivity index (χ0n) is 11.6. The molecule has 3 nitrogen and oxygen atoms in total. The van der Waals surface area contributed by atoms with Crippen molar-refractivity contribution in [3.63, 3.8) is 0 Å². The van der Waals surface area contributed by atoms with E-state index in [1.54, 1.807) is 0 Å². The Hall–Kier alpha value is -0.300. The average molecular weight is 313 g/mol. The van der Waals surface area contributed by atoms with Crippen molar-refractivity contribution >= 4 is 9.84 Å². The molecule has 20 heavy (non-hydrogen) atoms. The van der Waals surface area contributed by atoms with E-state index >= 15 is 0 Å². The number of rotatable bonds is 3. The van der Waals surface area contributed by atoms with Crippen LogP contribution in [0.25, 0.3) is 0 Å². The van der Waals surface area contributed by atoms with Crippen molar-refractivity contribution in [2.24, 2.45) is 5.92 Å². The lowest BCUT2D eigenvalue weighted by Crippen LogP contribution is -2.48. The first-order valence-electron chi connectivity index (χ1n) is 7.19. The summed E-state index contributed by atoms with van der Waals surface area (Å²) in [5.74, 6) is -1.24. The van der Waals surface area contributed by atoms with Crippen LogP contribution in [0.3, 0.4) is 0 Å². The Bertz CT molecular complexity index is 435. The van der Waals surface area contributed by atoms with Crippen LogP contribution in [0, 0.1) is 5.92 Å². The van der Waals surface area contributed by atoms with E-state index in [-0.39, 0.29) is 24.9 Å². The molecule has 0 spiro atoms. The molecule has 2 aliphatic rings. The van der Waals surface area contributed by atoms with E-state index in [2.05, 4.69) is 5.32 Å². The van der Waals surface area contributed by atoms with Crippen molar-refractivity contribution < 1.29 is 21.6 Å². The van der Waals surface area contributed by atoms with Gasteiger partial charge in [-0.15, -0.1) is 0 Å². The van der Waals surface area contributed by atoms with Crippen molar-refractivity contribution in [1.29, 1.82) is 0 Å². The molecule has 0 heterocycles. The van der Waals surface area contributed by atoms with Gasteiger partial charge in [0.25, 0.3) is 0 Å². The highest BCUT2D eigenvalue weighted by Gasteiger charge is 2.43. The maximum Gasteiger partial charge on any atom is 0.391 e. The Morgan fingerprint density at radius 1 is 1.05 bits per heavy atom. The van der Waals surface area contributed by atoms with Crippen LogP contribution in [0.4, 0.5) is 13.2 Å². The summed E-state index contributed by atoms with van der Waals surface area (Å²) < 4.78 is 61.7. The fourth-order valence-corrected chi connectivity index (χ4v) is 4.98. The predicted octanol–water partition coefficient (Wildman–Crippen LogP) is 2.66. The standard InChI is InChI=1S/C13H22F3NO2S/c1-20(18,19)12-7-3-6-11(12)17-10-5-2-4-9(8-10)13(14,15)16/h9-12,17H,2-8H2,1H3/t9-,10+,11-,12+/m0/s1.